The van der Waals surface area contributed by atoms with Crippen molar-refractivity contribution < 1.29 is 23.9 Å². The monoisotopic (exact) mass is 406 g/mol. The molecular weight excluding hydrogens is 380 g/mol. The fourth-order valence-corrected chi connectivity index (χ4v) is 3.50. The molecule has 3 heterocycles. The molecule has 2 unspecified atom stereocenters. The van der Waals surface area contributed by atoms with Crippen LogP contribution < -0.4 is 15.8 Å². The molecule has 2 N–H and O–H groups in total. The van der Waals surface area contributed by atoms with Gasteiger partial charge in [-0.05, 0) is 27.7 Å². The summed E-state index contributed by atoms with van der Waals surface area (Å²) in [6, 6.07) is -0.118. The van der Waals surface area contributed by atoms with Gasteiger partial charge in [-0.2, -0.15) is 5.10 Å². The lowest BCUT2D eigenvalue weighted by molar-refractivity contribution is -0.128. The molecule has 11 nitrogen and oxygen atoms in total. The summed E-state index contributed by atoms with van der Waals surface area (Å²) < 4.78 is 7.27. The molecule has 0 spiro atoms. The standard InChI is InChI=1S/C18H26N6O5/c1-11-7-24-14(9-22(11)17(28)29-18(2,3)4)13(6-20-24)23-8-12(5-15(23)26)16(27)21-19-10-25/h6,10-12H,5,7-9H2,1-4H3,(H,19,25)(H,21,27). The van der Waals surface area contributed by atoms with Crippen LogP contribution >= 0.6 is 0 Å². The minimum Gasteiger partial charge on any atom is -0.444 e. The number of ether oxygens (including phenoxy) is 1. The fraction of sp³-hybridized carbons (Fsp3) is 0.611. The number of rotatable bonds is 4. The van der Waals surface area contributed by atoms with Crippen LogP contribution in [0.1, 0.15) is 39.8 Å². The van der Waals surface area contributed by atoms with Crippen LogP contribution in [0, 0.1) is 5.92 Å². The van der Waals surface area contributed by atoms with E-state index in [1.807, 2.05) is 27.7 Å². The Kier molecular flexibility index (Phi) is 5.49. The van der Waals surface area contributed by atoms with Crippen LogP contribution in [0.5, 0.6) is 0 Å². The third-order valence-electron chi connectivity index (χ3n) is 4.88. The van der Waals surface area contributed by atoms with Gasteiger partial charge in [0.1, 0.15) is 5.60 Å². The van der Waals surface area contributed by atoms with Gasteiger partial charge in [0.05, 0.1) is 42.6 Å². The van der Waals surface area contributed by atoms with Gasteiger partial charge < -0.3 is 9.64 Å². The van der Waals surface area contributed by atoms with Crippen LogP contribution in [-0.2, 0) is 32.2 Å². The summed E-state index contributed by atoms with van der Waals surface area (Å²) in [5, 5.41) is 4.36. The zero-order valence-electron chi connectivity index (χ0n) is 17.0. The van der Waals surface area contributed by atoms with Gasteiger partial charge in [0, 0.05) is 13.0 Å². The van der Waals surface area contributed by atoms with Crippen LogP contribution in [0.3, 0.4) is 0 Å². The molecule has 0 saturated carbocycles. The van der Waals surface area contributed by atoms with E-state index in [0.29, 0.717) is 18.6 Å². The second-order valence-corrected chi connectivity index (χ2v) is 8.27. The van der Waals surface area contributed by atoms with Crippen molar-refractivity contribution in [3.63, 3.8) is 0 Å². The molecule has 4 amide bonds. The first-order chi connectivity index (χ1) is 13.6. The number of amides is 4. The van der Waals surface area contributed by atoms with Crippen LogP contribution in [0.2, 0.25) is 0 Å². The molecule has 0 aromatic carbocycles. The summed E-state index contributed by atoms with van der Waals surface area (Å²) in [5.74, 6) is -1.23. The molecule has 0 radical (unpaired) electrons. The van der Waals surface area contributed by atoms with E-state index in [1.54, 1.807) is 15.8 Å². The van der Waals surface area contributed by atoms with Crippen molar-refractivity contribution >= 4 is 30.0 Å². The molecule has 1 aromatic heterocycles. The Morgan fingerprint density at radius 1 is 1.31 bits per heavy atom. The quantitative estimate of drug-likeness (QED) is 0.542. The topological polar surface area (TPSA) is 126 Å². The molecule has 3 rings (SSSR count). The molecule has 1 fully saturated rings. The van der Waals surface area contributed by atoms with Gasteiger partial charge >= 0.3 is 6.09 Å². The Morgan fingerprint density at radius 3 is 2.69 bits per heavy atom. The van der Waals surface area contributed by atoms with E-state index in [4.69, 9.17) is 4.74 Å². The van der Waals surface area contributed by atoms with Gasteiger partial charge in [-0.1, -0.05) is 0 Å². The van der Waals surface area contributed by atoms with Crippen molar-refractivity contribution in [3.8, 4) is 0 Å². The van der Waals surface area contributed by atoms with Gasteiger partial charge in [-0.15, -0.1) is 0 Å². The first-order valence-electron chi connectivity index (χ1n) is 9.44. The highest BCUT2D eigenvalue weighted by atomic mass is 16.6. The first kappa shape index (κ1) is 20.6. The second-order valence-electron chi connectivity index (χ2n) is 8.27. The highest BCUT2D eigenvalue weighted by molar-refractivity contribution is 6.00. The van der Waals surface area contributed by atoms with Crippen molar-refractivity contribution in [1.82, 2.24) is 25.5 Å². The normalized spacial score (nSPS) is 21.6. The minimum absolute atomic E-state index is 0.0309. The third kappa shape index (κ3) is 4.33. The van der Waals surface area contributed by atoms with E-state index >= 15 is 0 Å². The Morgan fingerprint density at radius 2 is 2.03 bits per heavy atom. The highest BCUT2D eigenvalue weighted by Crippen LogP contribution is 2.32. The van der Waals surface area contributed by atoms with Crippen LogP contribution in [0.25, 0.3) is 0 Å². The summed E-state index contributed by atoms with van der Waals surface area (Å²) in [7, 11) is 0. The Bertz CT molecular complexity index is 829. The highest BCUT2D eigenvalue weighted by Gasteiger charge is 2.39. The molecule has 2 aliphatic heterocycles. The van der Waals surface area contributed by atoms with Gasteiger partial charge in [0.2, 0.25) is 18.2 Å². The third-order valence-corrected chi connectivity index (χ3v) is 4.88. The second kappa shape index (κ2) is 7.72. The van der Waals surface area contributed by atoms with Crippen LogP contribution in [0.4, 0.5) is 10.5 Å². The maximum Gasteiger partial charge on any atom is 0.410 e. The molecule has 2 aliphatic rings. The maximum absolute atomic E-state index is 12.6. The van der Waals surface area contributed by atoms with E-state index in [1.165, 1.54) is 4.90 Å². The zero-order chi connectivity index (χ0) is 21.3. The van der Waals surface area contributed by atoms with E-state index in [2.05, 4.69) is 16.0 Å². The number of carbonyl (C=O) groups is 4. The van der Waals surface area contributed by atoms with E-state index in [-0.39, 0.29) is 31.5 Å². The number of carbonyl (C=O) groups excluding carboxylic acids is 4. The molecule has 29 heavy (non-hydrogen) atoms. The average Bonchev–Trinajstić information content (AvgIpc) is 3.20. The SMILES string of the molecule is CC1Cn2ncc(N3CC(C(=O)NNC=O)CC3=O)c2CN1C(=O)OC(C)(C)C. The predicted octanol–water partition coefficient (Wildman–Crippen LogP) is 0.152. The van der Waals surface area contributed by atoms with Crippen molar-refractivity contribution in [1.29, 1.82) is 0 Å². The number of hydrogen-bond donors (Lipinski definition) is 2. The Hall–Kier alpha value is -3.11. The first-order valence-corrected chi connectivity index (χ1v) is 9.44. The van der Waals surface area contributed by atoms with E-state index in [0.717, 1.165) is 5.69 Å². The molecular formula is C18H26N6O5. The van der Waals surface area contributed by atoms with Crippen LogP contribution in [0.15, 0.2) is 6.20 Å². The predicted molar refractivity (Wildman–Crippen MR) is 101 cm³/mol. The number of aromatic nitrogens is 2. The molecule has 158 valence electrons. The number of hydrazine groups is 1. The lowest BCUT2D eigenvalue weighted by Crippen LogP contribution is -2.47. The van der Waals surface area contributed by atoms with Gasteiger partial charge in [-0.3, -0.25) is 34.8 Å². The van der Waals surface area contributed by atoms with E-state index in [9.17, 15) is 19.2 Å². The largest absolute Gasteiger partial charge is 0.444 e. The summed E-state index contributed by atoms with van der Waals surface area (Å²) in [5.41, 5.74) is 5.03. The molecule has 1 saturated heterocycles. The number of fused-ring (bicyclic) bond motifs is 1. The van der Waals surface area contributed by atoms with Crippen molar-refractivity contribution in [2.75, 3.05) is 11.4 Å². The van der Waals surface area contributed by atoms with Gasteiger partial charge in [-0.25, -0.2) is 4.79 Å². The number of hydrogen-bond acceptors (Lipinski definition) is 6. The lowest BCUT2D eigenvalue weighted by Gasteiger charge is -2.36. The number of nitrogens with zero attached hydrogens (tertiary/aromatic N) is 4. The Labute approximate surface area is 168 Å². The molecule has 11 heteroatoms. The summed E-state index contributed by atoms with van der Waals surface area (Å²) in [6.07, 6.45) is 1.55. The average molecular weight is 406 g/mol. The smallest absolute Gasteiger partial charge is 0.410 e. The Balaban J connectivity index is 1.78. The van der Waals surface area contributed by atoms with Gasteiger partial charge in [0.25, 0.3) is 0 Å². The van der Waals surface area contributed by atoms with Crippen molar-refractivity contribution in [2.45, 2.75) is 58.8 Å². The minimum atomic E-state index is -0.613. The lowest BCUT2D eigenvalue weighted by atomic mass is 10.1. The number of anilines is 1. The fourth-order valence-electron chi connectivity index (χ4n) is 3.50. The van der Waals surface area contributed by atoms with Crippen LogP contribution in [-0.4, -0.2) is 57.2 Å². The molecule has 1 aromatic rings. The van der Waals surface area contributed by atoms with Crippen molar-refractivity contribution in [3.05, 3.63) is 11.9 Å². The molecule has 2 atom stereocenters. The number of nitrogens with one attached hydrogen (secondary N) is 2. The summed E-state index contributed by atoms with van der Waals surface area (Å²) in [6.45, 7) is 8.23. The summed E-state index contributed by atoms with van der Waals surface area (Å²) >= 11 is 0. The van der Waals surface area contributed by atoms with Gasteiger partial charge in [0.15, 0.2) is 0 Å². The van der Waals surface area contributed by atoms with Crippen molar-refractivity contribution in [2.24, 2.45) is 5.92 Å². The molecule has 0 aliphatic carbocycles. The summed E-state index contributed by atoms with van der Waals surface area (Å²) in [4.78, 5) is 50.7. The zero-order valence-corrected chi connectivity index (χ0v) is 17.0. The van der Waals surface area contributed by atoms with E-state index < -0.39 is 23.5 Å². The molecule has 0 bridgehead atoms. The maximum atomic E-state index is 12.6.